The molecule has 0 saturated heterocycles. The first-order valence-corrected chi connectivity index (χ1v) is 9.33. The number of halogens is 2. The zero-order valence-electron chi connectivity index (χ0n) is 14.6. The van der Waals surface area contributed by atoms with Gasteiger partial charge in [-0.2, -0.15) is 8.42 Å². The molecule has 0 aliphatic carbocycles. The van der Waals surface area contributed by atoms with Gasteiger partial charge in [0, 0.05) is 25.2 Å². The van der Waals surface area contributed by atoms with E-state index in [-0.39, 0.29) is 30.1 Å². The average molecular weight is 397 g/mol. The zero-order valence-corrected chi connectivity index (χ0v) is 15.4. The van der Waals surface area contributed by atoms with Gasteiger partial charge in [0.2, 0.25) is 0 Å². The van der Waals surface area contributed by atoms with Gasteiger partial charge in [-0.05, 0) is 30.3 Å². The lowest BCUT2D eigenvalue weighted by Gasteiger charge is -2.19. The molecule has 1 N–H and O–H groups in total. The van der Waals surface area contributed by atoms with Gasteiger partial charge in [0.15, 0.2) is 11.6 Å². The minimum absolute atomic E-state index is 0.0105. The van der Waals surface area contributed by atoms with Crippen LogP contribution >= 0.6 is 0 Å². The molecule has 0 aromatic heterocycles. The molecular weight excluding hydrogens is 380 g/mol. The van der Waals surface area contributed by atoms with Crippen molar-refractivity contribution in [3.63, 3.8) is 0 Å². The number of benzene rings is 2. The number of hydrogen-bond donors (Lipinski definition) is 1. The number of nitrogens with one attached hydrogen (secondary N) is 1. The summed E-state index contributed by atoms with van der Waals surface area (Å²) in [6.07, 6.45) is 0. The number of amides is 1. The molecule has 1 aliphatic heterocycles. The Balaban J connectivity index is 1.71. The van der Waals surface area contributed by atoms with Crippen molar-refractivity contribution >= 4 is 27.5 Å². The fourth-order valence-electron chi connectivity index (χ4n) is 2.78. The van der Waals surface area contributed by atoms with Gasteiger partial charge in [-0.25, -0.2) is 13.1 Å². The maximum Gasteiger partial charge on any atom is 0.326 e. The van der Waals surface area contributed by atoms with Crippen molar-refractivity contribution in [2.45, 2.75) is 0 Å². The molecule has 0 atom stereocenters. The molecule has 27 heavy (non-hydrogen) atoms. The number of carbonyl (C=O) groups excluding carboxylic acids is 1. The predicted molar refractivity (Wildman–Crippen MR) is 96.4 cm³/mol. The third kappa shape index (κ3) is 3.39. The van der Waals surface area contributed by atoms with Gasteiger partial charge in [0.05, 0.1) is 25.0 Å². The summed E-state index contributed by atoms with van der Waals surface area (Å²) in [5, 5.41) is 2.52. The molecule has 0 spiro atoms. The van der Waals surface area contributed by atoms with Crippen LogP contribution in [0.5, 0.6) is 5.75 Å². The van der Waals surface area contributed by atoms with E-state index in [1.54, 1.807) is 0 Å². The van der Waals surface area contributed by atoms with Crippen LogP contribution in [0.4, 0.5) is 20.2 Å². The first-order chi connectivity index (χ1) is 12.8. The van der Waals surface area contributed by atoms with E-state index in [0.29, 0.717) is 5.69 Å². The Labute approximate surface area is 155 Å². The predicted octanol–water partition coefficient (Wildman–Crippen LogP) is 1.90. The van der Waals surface area contributed by atoms with Gasteiger partial charge in [-0.3, -0.25) is 9.10 Å². The molecular formula is C17H17F2N3O4S. The highest BCUT2D eigenvalue weighted by atomic mass is 32.2. The molecule has 144 valence electrons. The van der Waals surface area contributed by atoms with Crippen LogP contribution in [-0.4, -0.2) is 41.6 Å². The second-order valence-electron chi connectivity index (χ2n) is 5.79. The Bertz CT molecular complexity index is 998. The summed E-state index contributed by atoms with van der Waals surface area (Å²) in [7, 11) is -1.17. The lowest BCUT2D eigenvalue weighted by molar-refractivity contribution is 0.0954. The van der Waals surface area contributed by atoms with Crippen molar-refractivity contribution in [1.82, 2.24) is 5.32 Å². The zero-order chi connectivity index (χ0) is 19.8. The number of hydrogen-bond acceptors (Lipinski definition) is 4. The third-order valence-electron chi connectivity index (χ3n) is 4.18. The Morgan fingerprint density at radius 3 is 2.56 bits per heavy atom. The average Bonchev–Trinajstić information content (AvgIpc) is 2.81. The minimum Gasteiger partial charge on any atom is -0.494 e. The number of rotatable bonds is 5. The number of nitrogens with zero attached hydrogens (tertiary/aromatic N) is 2. The van der Waals surface area contributed by atoms with Crippen LogP contribution in [0.3, 0.4) is 0 Å². The fraction of sp³-hybridized carbons (Fsp3) is 0.235. The molecule has 3 rings (SSSR count). The number of ether oxygens (including phenoxy) is 1. The number of methoxy groups -OCH3 is 1. The van der Waals surface area contributed by atoms with Crippen LogP contribution in [0.25, 0.3) is 0 Å². The van der Waals surface area contributed by atoms with Gasteiger partial charge < -0.3 is 10.1 Å². The summed E-state index contributed by atoms with van der Waals surface area (Å²) in [6, 6.07) is 7.41. The molecule has 0 fully saturated rings. The Hall–Kier alpha value is -2.88. The third-order valence-corrected chi connectivity index (χ3v) is 6.01. The second kappa shape index (κ2) is 7.03. The maximum absolute atomic E-state index is 13.7. The largest absolute Gasteiger partial charge is 0.494 e. The molecule has 1 amide bonds. The van der Waals surface area contributed by atoms with E-state index in [9.17, 15) is 22.0 Å². The Morgan fingerprint density at radius 1 is 1.15 bits per heavy atom. The highest BCUT2D eigenvalue weighted by Crippen LogP contribution is 2.39. The van der Waals surface area contributed by atoms with E-state index in [4.69, 9.17) is 4.74 Å². The molecule has 0 radical (unpaired) electrons. The van der Waals surface area contributed by atoms with Crippen molar-refractivity contribution < 1.29 is 26.7 Å². The van der Waals surface area contributed by atoms with Crippen LogP contribution in [0.1, 0.15) is 10.4 Å². The lowest BCUT2D eigenvalue weighted by Crippen LogP contribution is -2.40. The summed E-state index contributed by atoms with van der Waals surface area (Å²) in [5.74, 6) is -1.81. The second-order valence-corrected chi connectivity index (χ2v) is 7.67. The van der Waals surface area contributed by atoms with Crippen LogP contribution in [0.2, 0.25) is 0 Å². The smallest absolute Gasteiger partial charge is 0.326 e. The molecule has 0 unspecified atom stereocenters. The van der Waals surface area contributed by atoms with Gasteiger partial charge in [-0.1, -0.05) is 0 Å². The van der Waals surface area contributed by atoms with E-state index in [2.05, 4.69) is 5.32 Å². The van der Waals surface area contributed by atoms with E-state index >= 15 is 0 Å². The van der Waals surface area contributed by atoms with E-state index in [1.165, 1.54) is 38.4 Å². The van der Waals surface area contributed by atoms with Crippen LogP contribution in [0, 0.1) is 11.6 Å². The van der Waals surface area contributed by atoms with Gasteiger partial charge in [0.25, 0.3) is 5.91 Å². The van der Waals surface area contributed by atoms with Crippen molar-refractivity contribution in [3.05, 3.63) is 53.6 Å². The summed E-state index contributed by atoms with van der Waals surface area (Å²) >= 11 is 0. The first-order valence-electron chi connectivity index (χ1n) is 7.93. The molecule has 7 nitrogen and oxygen atoms in total. The van der Waals surface area contributed by atoms with Crippen LogP contribution in [0.15, 0.2) is 36.4 Å². The lowest BCUT2D eigenvalue weighted by atomic mass is 10.2. The van der Waals surface area contributed by atoms with E-state index in [1.807, 2.05) is 0 Å². The topological polar surface area (TPSA) is 79.0 Å². The molecule has 2 aromatic carbocycles. The van der Waals surface area contributed by atoms with Crippen LogP contribution in [-0.2, 0) is 10.2 Å². The Morgan fingerprint density at radius 2 is 1.89 bits per heavy atom. The van der Waals surface area contributed by atoms with E-state index in [0.717, 1.165) is 20.7 Å². The summed E-state index contributed by atoms with van der Waals surface area (Å²) in [6.45, 7) is -0.150. The first kappa shape index (κ1) is 18.9. The van der Waals surface area contributed by atoms with Gasteiger partial charge in [-0.15, -0.1) is 0 Å². The van der Waals surface area contributed by atoms with E-state index < -0.39 is 27.8 Å². The summed E-state index contributed by atoms with van der Waals surface area (Å²) in [4.78, 5) is 12.1. The number of fused-ring (bicyclic) bond motifs is 1. The molecule has 1 heterocycles. The molecule has 0 saturated carbocycles. The standard InChI is InChI=1S/C17H17F2N3O4S/c1-21-14-5-4-12(18)10-15(14)22(27(21,24)25)8-7-20-17(23)11-3-6-16(26-2)13(19)9-11/h3-6,9-10H,7-8H2,1-2H3,(H,20,23). The number of anilines is 2. The van der Waals surface area contributed by atoms with Crippen molar-refractivity contribution in [3.8, 4) is 5.75 Å². The molecule has 0 bridgehead atoms. The van der Waals surface area contributed by atoms with Crippen LogP contribution < -0.4 is 18.7 Å². The Kier molecular flexibility index (Phi) is 4.92. The minimum atomic E-state index is -3.85. The normalized spacial score (nSPS) is 14.8. The molecule has 10 heteroatoms. The number of carbonyl (C=O) groups is 1. The molecule has 2 aromatic rings. The fourth-order valence-corrected chi connectivity index (χ4v) is 4.19. The highest BCUT2D eigenvalue weighted by molar-refractivity contribution is 7.94. The highest BCUT2D eigenvalue weighted by Gasteiger charge is 2.37. The quantitative estimate of drug-likeness (QED) is 0.836. The van der Waals surface area contributed by atoms with Crippen molar-refractivity contribution in [2.75, 3.05) is 35.9 Å². The van der Waals surface area contributed by atoms with Gasteiger partial charge >= 0.3 is 10.2 Å². The van der Waals surface area contributed by atoms with Crippen molar-refractivity contribution in [1.29, 1.82) is 0 Å². The van der Waals surface area contributed by atoms with Gasteiger partial charge in [0.1, 0.15) is 5.82 Å². The summed E-state index contributed by atoms with van der Waals surface area (Å²) in [5.41, 5.74) is 0.614. The van der Waals surface area contributed by atoms with Crippen molar-refractivity contribution in [2.24, 2.45) is 0 Å². The summed E-state index contributed by atoms with van der Waals surface area (Å²) < 4.78 is 59.0. The SMILES string of the molecule is COc1ccc(C(=O)NCCN2c3cc(F)ccc3N(C)S2(=O)=O)cc1F. The molecule has 1 aliphatic rings. The monoisotopic (exact) mass is 397 g/mol. The maximum atomic E-state index is 13.7.